The first kappa shape index (κ1) is 12.7. The van der Waals surface area contributed by atoms with Gasteiger partial charge in [-0.2, -0.15) is 0 Å². The third kappa shape index (κ3) is 3.05. The topological polar surface area (TPSA) is 72.5 Å². The van der Waals surface area contributed by atoms with Gasteiger partial charge in [-0.05, 0) is 24.5 Å². The van der Waals surface area contributed by atoms with Crippen LogP contribution < -0.4 is 5.73 Å². The number of ether oxygens (including phenoxy) is 1. The average Bonchev–Trinajstić information content (AvgIpc) is 2.35. The first-order valence-corrected chi connectivity index (χ1v) is 5.24. The number of carbonyl (C=O) groups excluding carboxylic acids is 1. The maximum Gasteiger partial charge on any atom is 0.338 e. The van der Waals surface area contributed by atoms with Crippen LogP contribution in [0.1, 0.15) is 34.8 Å². The smallest absolute Gasteiger partial charge is 0.338 e. The highest BCUT2D eigenvalue weighted by Crippen LogP contribution is 2.20. The van der Waals surface area contributed by atoms with Crippen LogP contribution in [0.2, 0.25) is 0 Å². The normalized spacial score (nSPS) is 12.2. The van der Waals surface area contributed by atoms with Gasteiger partial charge in [0.15, 0.2) is 0 Å². The summed E-state index contributed by atoms with van der Waals surface area (Å²) in [5.41, 5.74) is 7.22. The van der Waals surface area contributed by atoms with Crippen molar-refractivity contribution in [2.24, 2.45) is 5.73 Å². The van der Waals surface area contributed by atoms with Gasteiger partial charge in [-0.1, -0.05) is 18.2 Å². The van der Waals surface area contributed by atoms with Gasteiger partial charge < -0.3 is 15.6 Å². The van der Waals surface area contributed by atoms with E-state index in [9.17, 15) is 4.79 Å². The number of aliphatic hydroxyl groups is 1. The van der Waals surface area contributed by atoms with E-state index in [1.807, 2.05) is 12.1 Å². The van der Waals surface area contributed by atoms with E-state index >= 15 is 0 Å². The monoisotopic (exact) mass is 223 g/mol. The quantitative estimate of drug-likeness (QED) is 0.737. The van der Waals surface area contributed by atoms with E-state index in [2.05, 4.69) is 4.74 Å². The zero-order valence-corrected chi connectivity index (χ0v) is 9.35. The molecule has 0 radical (unpaired) electrons. The summed E-state index contributed by atoms with van der Waals surface area (Å²) in [6.45, 7) is 0.105. The molecule has 16 heavy (non-hydrogen) atoms. The van der Waals surface area contributed by atoms with Gasteiger partial charge in [0, 0.05) is 12.6 Å². The molecule has 0 heterocycles. The van der Waals surface area contributed by atoms with Crippen LogP contribution in [0, 0.1) is 0 Å². The van der Waals surface area contributed by atoms with Gasteiger partial charge in [0.1, 0.15) is 0 Å². The number of carbonyl (C=O) groups is 1. The Hall–Kier alpha value is -1.39. The van der Waals surface area contributed by atoms with E-state index in [1.165, 1.54) is 7.11 Å². The number of aliphatic hydroxyl groups excluding tert-OH is 1. The zero-order chi connectivity index (χ0) is 12.0. The molecule has 0 amide bonds. The maximum absolute atomic E-state index is 11.5. The number of hydrogen-bond donors (Lipinski definition) is 2. The summed E-state index contributed by atoms with van der Waals surface area (Å²) < 4.78 is 4.69. The Balaban J connectivity index is 2.89. The van der Waals surface area contributed by atoms with Crippen molar-refractivity contribution in [3.63, 3.8) is 0 Å². The van der Waals surface area contributed by atoms with Crippen LogP contribution in [0.15, 0.2) is 24.3 Å². The molecule has 1 aromatic rings. The number of rotatable bonds is 5. The molecule has 0 saturated heterocycles. The van der Waals surface area contributed by atoms with Gasteiger partial charge in [0.2, 0.25) is 0 Å². The largest absolute Gasteiger partial charge is 0.465 e. The fourth-order valence-corrected chi connectivity index (χ4v) is 1.58. The van der Waals surface area contributed by atoms with Gasteiger partial charge >= 0.3 is 5.97 Å². The Labute approximate surface area is 95.0 Å². The van der Waals surface area contributed by atoms with Crippen molar-refractivity contribution in [2.75, 3.05) is 13.7 Å². The third-order valence-corrected chi connectivity index (χ3v) is 2.44. The number of benzene rings is 1. The predicted octanol–water partition coefficient (Wildman–Crippen LogP) is 1.25. The van der Waals surface area contributed by atoms with Crippen LogP contribution in [-0.4, -0.2) is 24.8 Å². The Morgan fingerprint density at radius 3 is 2.81 bits per heavy atom. The van der Waals surface area contributed by atoms with E-state index in [0.717, 1.165) is 5.56 Å². The van der Waals surface area contributed by atoms with Crippen LogP contribution in [0.3, 0.4) is 0 Å². The van der Waals surface area contributed by atoms with Crippen molar-refractivity contribution in [1.82, 2.24) is 0 Å². The highest BCUT2D eigenvalue weighted by atomic mass is 16.5. The van der Waals surface area contributed by atoms with Crippen molar-refractivity contribution in [3.05, 3.63) is 35.4 Å². The summed E-state index contributed by atoms with van der Waals surface area (Å²) in [6.07, 6.45) is 1.27. The molecule has 4 heteroatoms. The minimum Gasteiger partial charge on any atom is -0.465 e. The fourth-order valence-electron chi connectivity index (χ4n) is 1.58. The molecule has 0 aliphatic rings. The molecule has 0 bridgehead atoms. The predicted molar refractivity (Wildman–Crippen MR) is 61.0 cm³/mol. The number of hydrogen-bond acceptors (Lipinski definition) is 4. The lowest BCUT2D eigenvalue weighted by molar-refractivity contribution is 0.0599. The van der Waals surface area contributed by atoms with Crippen LogP contribution >= 0.6 is 0 Å². The van der Waals surface area contributed by atoms with E-state index in [-0.39, 0.29) is 18.6 Å². The van der Waals surface area contributed by atoms with E-state index in [4.69, 9.17) is 10.8 Å². The third-order valence-electron chi connectivity index (χ3n) is 2.44. The molecule has 0 spiro atoms. The fraction of sp³-hybridized carbons (Fsp3) is 0.417. The first-order chi connectivity index (χ1) is 7.70. The molecule has 0 aliphatic carbocycles. The summed E-state index contributed by atoms with van der Waals surface area (Å²) in [7, 11) is 1.35. The summed E-state index contributed by atoms with van der Waals surface area (Å²) >= 11 is 0. The summed E-state index contributed by atoms with van der Waals surface area (Å²) in [5, 5.41) is 8.74. The Morgan fingerprint density at radius 2 is 2.19 bits per heavy atom. The molecule has 88 valence electrons. The van der Waals surface area contributed by atoms with Gasteiger partial charge in [0.25, 0.3) is 0 Å². The molecule has 1 atom stereocenters. The van der Waals surface area contributed by atoms with Crippen molar-refractivity contribution in [1.29, 1.82) is 0 Å². The molecule has 3 N–H and O–H groups in total. The minimum atomic E-state index is -0.380. The molecule has 0 aromatic heterocycles. The van der Waals surface area contributed by atoms with Crippen LogP contribution in [0.25, 0.3) is 0 Å². The SMILES string of the molecule is COC(=O)c1ccccc1[C@@H](N)CCCO. The average molecular weight is 223 g/mol. The molecule has 0 unspecified atom stereocenters. The lowest BCUT2D eigenvalue weighted by Gasteiger charge is -2.14. The first-order valence-electron chi connectivity index (χ1n) is 5.24. The Kier molecular flexibility index (Phi) is 4.95. The Bertz CT molecular complexity index is 352. The van der Waals surface area contributed by atoms with Crippen molar-refractivity contribution in [2.45, 2.75) is 18.9 Å². The van der Waals surface area contributed by atoms with Crippen LogP contribution in [0.5, 0.6) is 0 Å². The summed E-state index contributed by atoms with van der Waals surface area (Å²) in [4.78, 5) is 11.5. The van der Waals surface area contributed by atoms with Gasteiger partial charge in [-0.3, -0.25) is 0 Å². The Morgan fingerprint density at radius 1 is 1.50 bits per heavy atom. The second-order valence-electron chi connectivity index (χ2n) is 3.55. The van der Waals surface area contributed by atoms with E-state index in [1.54, 1.807) is 12.1 Å². The molecule has 1 aromatic carbocycles. The second kappa shape index (κ2) is 6.25. The standard InChI is InChI=1S/C12H17NO3/c1-16-12(15)10-6-3-2-5-9(10)11(13)7-4-8-14/h2-3,5-6,11,14H,4,7-8,13H2,1H3/t11-/m0/s1. The summed E-state index contributed by atoms with van der Waals surface area (Å²) in [5.74, 6) is -0.380. The van der Waals surface area contributed by atoms with Gasteiger partial charge in [-0.25, -0.2) is 4.79 Å². The lowest BCUT2D eigenvalue weighted by atomic mass is 9.97. The van der Waals surface area contributed by atoms with E-state index < -0.39 is 0 Å². The molecule has 0 saturated carbocycles. The van der Waals surface area contributed by atoms with E-state index in [0.29, 0.717) is 18.4 Å². The molecule has 0 fully saturated rings. The number of methoxy groups -OCH3 is 1. The van der Waals surface area contributed by atoms with Crippen molar-refractivity contribution < 1.29 is 14.6 Å². The van der Waals surface area contributed by atoms with Crippen molar-refractivity contribution >= 4 is 5.97 Å². The van der Waals surface area contributed by atoms with Gasteiger partial charge in [-0.15, -0.1) is 0 Å². The molecule has 1 rings (SSSR count). The summed E-state index contributed by atoms with van der Waals surface area (Å²) in [6, 6.07) is 6.87. The molecule has 4 nitrogen and oxygen atoms in total. The highest BCUT2D eigenvalue weighted by Gasteiger charge is 2.15. The zero-order valence-electron chi connectivity index (χ0n) is 9.35. The minimum absolute atomic E-state index is 0.105. The lowest BCUT2D eigenvalue weighted by Crippen LogP contribution is -2.16. The molecule has 0 aliphatic heterocycles. The molecular weight excluding hydrogens is 206 g/mol. The maximum atomic E-state index is 11.5. The second-order valence-corrected chi connectivity index (χ2v) is 3.55. The van der Waals surface area contributed by atoms with Crippen LogP contribution in [0.4, 0.5) is 0 Å². The number of esters is 1. The van der Waals surface area contributed by atoms with Gasteiger partial charge in [0.05, 0.1) is 12.7 Å². The number of nitrogens with two attached hydrogens (primary N) is 1. The highest BCUT2D eigenvalue weighted by molar-refractivity contribution is 5.91. The molecular formula is C12H17NO3. The van der Waals surface area contributed by atoms with Crippen molar-refractivity contribution in [3.8, 4) is 0 Å². The van der Waals surface area contributed by atoms with Crippen LogP contribution in [-0.2, 0) is 4.74 Å².